The Balaban J connectivity index is 2.51. The van der Waals surface area contributed by atoms with Crippen LogP contribution in [0, 0.1) is 13.8 Å². The van der Waals surface area contributed by atoms with Gasteiger partial charge in [-0.05, 0) is 33.1 Å². The van der Waals surface area contributed by atoms with Gasteiger partial charge in [-0.3, -0.25) is 0 Å². The summed E-state index contributed by atoms with van der Waals surface area (Å²) in [6.07, 6.45) is 2.60. The average molecular weight is 287 g/mol. The van der Waals surface area contributed by atoms with E-state index in [1.807, 2.05) is 6.92 Å². The van der Waals surface area contributed by atoms with Crippen LogP contribution in [0.25, 0.3) is 0 Å². The molecular formula is C13H21NO4S. The highest BCUT2D eigenvalue weighted by molar-refractivity contribution is 7.89. The van der Waals surface area contributed by atoms with E-state index in [9.17, 15) is 13.5 Å². The van der Waals surface area contributed by atoms with E-state index in [4.69, 9.17) is 4.42 Å². The summed E-state index contributed by atoms with van der Waals surface area (Å²) in [5, 5.41) is 9.40. The lowest BCUT2D eigenvalue weighted by molar-refractivity contribution is 0.276. The molecule has 1 atom stereocenters. The van der Waals surface area contributed by atoms with Gasteiger partial charge in [-0.2, -0.15) is 4.31 Å². The van der Waals surface area contributed by atoms with Gasteiger partial charge in [0.15, 0.2) is 0 Å². The van der Waals surface area contributed by atoms with E-state index in [0.717, 1.165) is 19.3 Å². The van der Waals surface area contributed by atoms with Gasteiger partial charge in [-0.25, -0.2) is 8.42 Å². The quantitative estimate of drug-likeness (QED) is 0.919. The molecule has 1 saturated heterocycles. The number of sulfonamides is 1. The molecule has 1 aromatic rings. The van der Waals surface area contributed by atoms with Crippen LogP contribution in [0.4, 0.5) is 0 Å². The molecule has 19 heavy (non-hydrogen) atoms. The van der Waals surface area contributed by atoms with Crippen molar-refractivity contribution in [1.82, 2.24) is 4.31 Å². The molecular weight excluding hydrogens is 266 g/mol. The molecule has 5 nitrogen and oxygen atoms in total. The number of rotatable bonds is 4. The Bertz CT molecular complexity index is 561. The van der Waals surface area contributed by atoms with Crippen LogP contribution in [0.2, 0.25) is 0 Å². The van der Waals surface area contributed by atoms with Crippen molar-refractivity contribution in [2.75, 3.05) is 6.54 Å². The largest absolute Gasteiger partial charge is 0.465 e. The summed E-state index contributed by atoms with van der Waals surface area (Å²) >= 11 is 0. The molecule has 1 aromatic heterocycles. The first-order chi connectivity index (χ1) is 8.93. The first-order valence-electron chi connectivity index (χ1n) is 6.65. The predicted molar refractivity (Wildman–Crippen MR) is 71.3 cm³/mol. The lowest BCUT2D eigenvalue weighted by Gasteiger charge is -2.23. The van der Waals surface area contributed by atoms with Gasteiger partial charge in [0, 0.05) is 18.2 Å². The third-order valence-electron chi connectivity index (χ3n) is 3.84. The molecule has 108 valence electrons. The third kappa shape index (κ3) is 2.32. The van der Waals surface area contributed by atoms with Gasteiger partial charge in [-0.15, -0.1) is 0 Å². The van der Waals surface area contributed by atoms with Crippen molar-refractivity contribution in [2.45, 2.75) is 57.6 Å². The second-order valence-corrected chi connectivity index (χ2v) is 6.83. The Kier molecular flexibility index (Phi) is 4.03. The lowest BCUT2D eigenvalue weighted by Crippen LogP contribution is -2.35. The standard InChI is InChI=1S/C13H21NO4S/c1-4-11-6-5-7-14(11)19(16,17)13-10(3)18-9(2)12(13)8-15/h11,15H,4-8H2,1-3H3. The zero-order chi connectivity index (χ0) is 14.2. The van der Waals surface area contributed by atoms with Crippen LogP contribution in [-0.2, 0) is 16.6 Å². The topological polar surface area (TPSA) is 70.8 Å². The molecule has 2 rings (SSSR count). The molecule has 0 saturated carbocycles. The van der Waals surface area contributed by atoms with E-state index in [-0.39, 0.29) is 17.5 Å². The van der Waals surface area contributed by atoms with E-state index >= 15 is 0 Å². The van der Waals surface area contributed by atoms with Gasteiger partial charge in [0.1, 0.15) is 16.4 Å². The Morgan fingerprint density at radius 1 is 1.37 bits per heavy atom. The minimum absolute atomic E-state index is 0.0612. The minimum atomic E-state index is -3.57. The van der Waals surface area contributed by atoms with Crippen LogP contribution < -0.4 is 0 Å². The maximum atomic E-state index is 12.8. The van der Waals surface area contributed by atoms with Gasteiger partial charge in [0.05, 0.1) is 6.61 Å². The summed E-state index contributed by atoms with van der Waals surface area (Å²) < 4.78 is 32.5. The summed E-state index contributed by atoms with van der Waals surface area (Å²) in [7, 11) is -3.57. The van der Waals surface area contributed by atoms with Gasteiger partial charge < -0.3 is 9.52 Å². The van der Waals surface area contributed by atoms with Crippen molar-refractivity contribution in [3.05, 3.63) is 17.1 Å². The SMILES string of the molecule is CCC1CCCN1S(=O)(=O)c1c(C)oc(C)c1CO. The number of hydrogen-bond donors (Lipinski definition) is 1. The van der Waals surface area contributed by atoms with Crippen molar-refractivity contribution in [3.8, 4) is 0 Å². The normalized spacial score (nSPS) is 21.2. The van der Waals surface area contributed by atoms with Crippen molar-refractivity contribution in [3.63, 3.8) is 0 Å². The van der Waals surface area contributed by atoms with Crippen molar-refractivity contribution in [1.29, 1.82) is 0 Å². The summed E-state index contributed by atoms with van der Waals surface area (Å²) in [6, 6.07) is 0.0612. The monoisotopic (exact) mass is 287 g/mol. The van der Waals surface area contributed by atoms with Gasteiger partial charge in [-0.1, -0.05) is 6.92 Å². The van der Waals surface area contributed by atoms with Gasteiger partial charge >= 0.3 is 0 Å². The Hall–Kier alpha value is -0.850. The number of nitrogens with zero attached hydrogens (tertiary/aromatic N) is 1. The molecule has 1 unspecified atom stereocenters. The summed E-state index contributed by atoms with van der Waals surface area (Å²) in [4.78, 5) is 0.160. The van der Waals surface area contributed by atoms with Crippen LogP contribution in [0.3, 0.4) is 0 Å². The fourth-order valence-electron chi connectivity index (χ4n) is 2.88. The number of furan rings is 1. The molecule has 0 aromatic carbocycles. The number of hydrogen-bond acceptors (Lipinski definition) is 4. The van der Waals surface area contributed by atoms with Crippen LogP contribution in [0.5, 0.6) is 0 Å². The highest BCUT2D eigenvalue weighted by Gasteiger charge is 2.38. The predicted octanol–water partition coefficient (Wildman–Crippen LogP) is 1.95. The van der Waals surface area contributed by atoms with E-state index in [1.165, 1.54) is 0 Å². The van der Waals surface area contributed by atoms with E-state index in [2.05, 4.69) is 0 Å². The molecule has 0 aliphatic carbocycles. The van der Waals surface area contributed by atoms with E-state index < -0.39 is 10.0 Å². The zero-order valence-corrected chi connectivity index (χ0v) is 12.5. The fraction of sp³-hybridized carbons (Fsp3) is 0.692. The molecule has 2 heterocycles. The highest BCUT2D eigenvalue weighted by atomic mass is 32.2. The maximum Gasteiger partial charge on any atom is 0.247 e. The van der Waals surface area contributed by atoms with E-state index in [0.29, 0.717) is 23.6 Å². The first kappa shape index (κ1) is 14.6. The minimum Gasteiger partial charge on any atom is -0.465 e. The fourth-order valence-corrected chi connectivity index (χ4v) is 5.06. The van der Waals surface area contributed by atoms with Crippen LogP contribution in [0.15, 0.2) is 9.31 Å². The molecule has 1 aliphatic heterocycles. The summed E-state index contributed by atoms with van der Waals surface area (Å²) in [5.74, 6) is 0.842. The lowest BCUT2D eigenvalue weighted by atomic mass is 10.2. The van der Waals surface area contributed by atoms with Gasteiger partial charge in [0.2, 0.25) is 10.0 Å². The van der Waals surface area contributed by atoms with Crippen LogP contribution in [0.1, 0.15) is 43.3 Å². The average Bonchev–Trinajstić information content (AvgIpc) is 2.93. The maximum absolute atomic E-state index is 12.8. The Morgan fingerprint density at radius 2 is 2.05 bits per heavy atom. The van der Waals surface area contributed by atoms with Gasteiger partial charge in [0.25, 0.3) is 0 Å². The Labute approximate surface area is 114 Å². The molecule has 0 bridgehead atoms. The molecule has 0 amide bonds. The molecule has 6 heteroatoms. The number of aryl methyl sites for hydroxylation is 2. The highest BCUT2D eigenvalue weighted by Crippen LogP contribution is 2.33. The summed E-state index contributed by atoms with van der Waals surface area (Å²) in [6.45, 7) is 5.55. The van der Waals surface area contributed by atoms with Crippen LogP contribution >= 0.6 is 0 Å². The second-order valence-electron chi connectivity index (χ2n) is 5.00. The van der Waals surface area contributed by atoms with Crippen LogP contribution in [-0.4, -0.2) is 30.4 Å². The third-order valence-corrected chi connectivity index (χ3v) is 5.99. The molecule has 1 N–H and O–H groups in total. The molecule has 0 spiro atoms. The summed E-state index contributed by atoms with van der Waals surface area (Å²) in [5.41, 5.74) is 0.388. The van der Waals surface area contributed by atoms with Crippen molar-refractivity contribution >= 4 is 10.0 Å². The molecule has 1 fully saturated rings. The molecule has 0 radical (unpaired) electrons. The number of aliphatic hydroxyl groups excluding tert-OH is 1. The zero-order valence-electron chi connectivity index (χ0n) is 11.6. The van der Waals surface area contributed by atoms with Crippen molar-refractivity contribution in [2.24, 2.45) is 0 Å². The van der Waals surface area contributed by atoms with Crippen molar-refractivity contribution < 1.29 is 17.9 Å². The first-order valence-corrected chi connectivity index (χ1v) is 8.09. The number of aliphatic hydroxyl groups is 1. The smallest absolute Gasteiger partial charge is 0.247 e. The molecule has 1 aliphatic rings. The van der Waals surface area contributed by atoms with E-state index in [1.54, 1.807) is 18.2 Å². The second kappa shape index (κ2) is 5.26. The Morgan fingerprint density at radius 3 is 2.63 bits per heavy atom.